The molecule has 30 heavy (non-hydrogen) atoms. The van der Waals surface area contributed by atoms with E-state index in [9.17, 15) is 4.79 Å². The van der Waals surface area contributed by atoms with Gasteiger partial charge in [-0.3, -0.25) is 4.79 Å². The van der Waals surface area contributed by atoms with Gasteiger partial charge < -0.3 is 19.3 Å². The van der Waals surface area contributed by atoms with Crippen LogP contribution in [0.5, 0.6) is 0 Å². The van der Waals surface area contributed by atoms with Gasteiger partial charge in [0, 0.05) is 21.8 Å². The fourth-order valence-corrected chi connectivity index (χ4v) is 3.41. The first-order valence-corrected chi connectivity index (χ1v) is 9.87. The Balaban J connectivity index is 1.51. The summed E-state index contributed by atoms with van der Waals surface area (Å²) >= 11 is 12.5. The number of nitrogens with one attached hydrogen (secondary N) is 1. The third-order valence-electron chi connectivity index (χ3n) is 4.60. The van der Waals surface area contributed by atoms with E-state index in [-0.39, 0.29) is 12.4 Å². The van der Waals surface area contributed by atoms with Crippen LogP contribution < -0.4 is 5.32 Å². The number of benzene rings is 2. The molecule has 7 heteroatoms. The lowest BCUT2D eigenvalue weighted by Crippen LogP contribution is -2.10. The van der Waals surface area contributed by atoms with Crippen LogP contribution in [0.1, 0.15) is 21.9 Å². The Bertz CT molecular complexity index is 1230. The Labute approximate surface area is 182 Å². The van der Waals surface area contributed by atoms with Crippen LogP contribution in [0.2, 0.25) is 10.0 Å². The van der Waals surface area contributed by atoms with E-state index in [0.29, 0.717) is 38.6 Å². The van der Waals surface area contributed by atoms with Crippen molar-refractivity contribution >= 4 is 34.8 Å². The molecule has 4 aromatic rings. The fraction of sp³-hybridized carbons (Fsp3) is 0.0870. The second kappa shape index (κ2) is 8.40. The molecule has 0 saturated carbocycles. The molecule has 0 atom stereocenters. The maximum atomic E-state index is 12.6. The highest BCUT2D eigenvalue weighted by atomic mass is 35.5. The molecule has 0 aliphatic rings. The molecule has 0 spiro atoms. The van der Waals surface area contributed by atoms with E-state index in [1.807, 2.05) is 19.1 Å². The van der Waals surface area contributed by atoms with E-state index in [4.69, 9.17) is 37.1 Å². The second-order valence-corrected chi connectivity index (χ2v) is 7.52. The van der Waals surface area contributed by atoms with Crippen molar-refractivity contribution in [2.75, 3.05) is 5.32 Å². The minimum absolute atomic E-state index is 0.167. The minimum atomic E-state index is -0.399. The van der Waals surface area contributed by atoms with Crippen LogP contribution in [-0.2, 0) is 6.61 Å². The number of carbonyl (C=O) groups excluding carboxylic acids is 1. The van der Waals surface area contributed by atoms with Crippen molar-refractivity contribution in [3.05, 3.63) is 87.8 Å². The average Bonchev–Trinajstić information content (AvgIpc) is 3.40. The third kappa shape index (κ3) is 4.14. The summed E-state index contributed by atoms with van der Waals surface area (Å²) in [6.07, 6.45) is 0. The highest BCUT2D eigenvalue weighted by Crippen LogP contribution is 2.32. The van der Waals surface area contributed by atoms with Gasteiger partial charge >= 0.3 is 0 Å². The molecule has 0 bridgehead atoms. The zero-order chi connectivity index (χ0) is 21.3. The number of hydrogen-bond donors (Lipinski definition) is 2. The van der Waals surface area contributed by atoms with Crippen LogP contribution >= 0.6 is 23.2 Å². The smallest absolute Gasteiger partial charge is 0.291 e. The molecule has 0 aliphatic heterocycles. The lowest BCUT2D eigenvalue weighted by molar-refractivity contribution is 0.0997. The molecule has 0 aliphatic carbocycles. The topological polar surface area (TPSA) is 75.6 Å². The molecule has 4 rings (SSSR count). The van der Waals surface area contributed by atoms with E-state index >= 15 is 0 Å². The molecule has 152 valence electrons. The summed E-state index contributed by atoms with van der Waals surface area (Å²) in [4.78, 5) is 12.6. The number of furan rings is 2. The van der Waals surface area contributed by atoms with Crippen LogP contribution in [-0.4, -0.2) is 11.0 Å². The van der Waals surface area contributed by atoms with Crippen molar-refractivity contribution in [3.8, 4) is 22.6 Å². The SMILES string of the molecule is Cc1ccc(-c2ccc(C(=O)Nc3ccc(-c4ccc(CO)o4)c(Cl)c3)o2)cc1Cl. The quantitative estimate of drug-likeness (QED) is 0.367. The zero-order valence-corrected chi connectivity index (χ0v) is 17.4. The summed E-state index contributed by atoms with van der Waals surface area (Å²) in [6.45, 7) is 1.73. The maximum absolute atomic E-state index is 12.6. The first-order chi connectivity index (χ1) is 14.4. The van der Waals surface area contributed by atoms with Crippen LogP contribution in [0.4, 0.5) is 5.69 Å². The summed E-state index contributed by atoms with van der Waals surface area (Å²) in [6, 6.07) is 17.4. The number of rotatable bonds is 5. The standard InChI is InChI=1S/C23H17Cl2NO4/c1-13-2-3-14(10-18(13)24)20-8-9-22(30-20)23(28)26-15-4-6-17(19(25)11-15)21-7-5-16(12-27)29-21/h2-11,27H,12H2,1H3,(H,26,28). The first-order valence-electron chi connectivity index (χ1n) is 9.12. The third-order valence-corrected chi connectivity index (χ3v) is 5.32. The second-order valence-electron chi connectivity index (χ2n) is 6.70. The largest absolute Gasteiger partial charge is 0.459 e. The Kier molecular flexibility index (Phi) is 5.68. The summed E-state index contributed by atoms with van der Waals surface area (Å²) in [5.41, 5.74) is 2.93. The van der Waals surface area contributed by atoms with Gasteiger partial charge in [-0.2, -0.15) is 0 Å². The number of aryl methyl sites for hydroxylation is 1. The predicted molar refractivity (Wildman–Crippen MR) is 117 cm³/mol. The van der Waals surface area contributed by atoms with Gasteiger partial charge in [0.2, 0.25) is 0 Å². The lowest BCUT2D eigenvalue weighted by Gasteiger charge is -2.07. The molecule has 0 saturated heterocycles. The molecule has 2 heterocycles. The molecule has 0 unspecified atom stereocenters. The Morgan fingerprint density at radius 2 is 1.73 bits per heavy atom. The van der Waals surface area contributed by atoms with Crippen molar-refractivity contribution < 1.29 is 18.7 Å². The van der Waals surface area contributed by atoms with Gasteiger partial charge in [-0.15, -0.1) is 0 Å². The number of halogens is 2. The number of carbonyl (C=O) groups is 1. The minimum Gasteiger partial charge on any atom is -0.459 e. The molecule has 1 amide bonds. The number of aliphatic hydroxyl groups is 1. The Hall–Kier alpha value is -2.99. The van der Waals surface area contributed by atoms with E-state index in [1.54, 1.807) is 48.5 Å². The van der Waals surface area contributed by atoms with Crippen LogP contribution in [0.15, 0.2) is 69.5 Å². The van der Waals surface area contributed by atoms with Gasteiger partial charge in [0.25, 0.3) is 5.91 Å². The molecular weight excluding hydrogens is 425 g/mol. The molecule has 0 fully saturated rings. The van der Waals surface area contributed by atoms with Gasteiger partial charge in [0.05, 0.1) is 5.02 Å². The van der Waals surface area contributed by atoms with Crippen molar-refractivity contribution in [1.82, 2.24) is 0 Å². The molecule has 0 radical (unpaired) electrons. The number of hydrogen-bond acceptors (Lipinski definition) is 4. The number of anilines is 1. The van der Waals surface area contributed by atoms with Crippen molar-refractivity contribution in [2.45, 2.75) is 13.5 Å². The average molecular weight is 442 g/mol. The van der Waals surface area contributed by atoms with Crippen LogP contribution in [0.25, 0.3) is 22.6 Å². The highest BCUT2D eigenvalue weighted by molar-refractivity contribution is 6.33. The number of amides is 1. The van der Waals surface area contributed by atoms with Gasteiger partial charge in [-0.25, -0.2) is 0 Å². The van der Waals surface area contributed by atoms with Gasteiger partial charge in [0.15, 0.2) is 5.76 Å². The molecule has 5 nitrogen and oxygen atoms in total. The fourth-order valence-electron chi connectivity index (χ4n) is 2.95. The van der Waals surface area contributed by atoms with Crippen LogP contribution in [0.3, 0.4) is 0 Å². The summed E-state index contributed by atoms with van der Waals surface area (Å²) < 4.78 is 11.2. The van der Waals surface area contributed by atoms with Crippen molar-refractivity contribution in [3.63, 3.8) is 0 Å². The van der Waals surface area contributed by atoms with Crippen molar-refractivity contribution in [1.29, 1.82) is 0 Å². The summed E-state index contributed by atoms with van der Waals surface area (Å²) in [7, 11) is 0. The Morgan fingerprint density at radius 3 is 2.43 bits per heavy atom. The molecular formula is C23H17Cl2NO4. The van der Waals surface area contributed by atoms with Crippen molar-refractivity contribution in [2.24, 2.45) is 0 Å². The maximum Gasteiger partial charge on any atom is 0.291 e. The monoisotopic (exact) mass is 441 g/mol. The molecule has 2 aromatic carbocycles. The summed E-state index contributed by atoms with van der Waals surface area (Å²) in [5, 5.41) is 12.9. The first kappa shape index (κ1) is 20.3. The van der Waals surface area contributed by atoms with E-state index in [1.165, 1.54) is 0 Å². The lowest BCUT2D eigenvalue weighted by atomic mass is 10.1. The molecule has 2 aromatic heterocycles. The van der Waals surface area contributed by atoms with Gasteiger partial charge in [0.1, 0.15) is 23.9 Å². The van der Waals surface area contributed by atoms with Gasteiger partial charge in [-0.1, -0.05) is 35.3 Å². The Morgan fingerprint density at radius 1 is 0.933 bits per heavy atom. The van der Waals surface area contributed by atoms with E-state index in [2.05, 4.69) is 5.32 Å². The zero-order valence-electron chi connectivity index (χ0n) is 15.9. The molecule has 2 N–H and O–H groups in total. The van der Waals surface area contributed by atoms with Crippen LogP contribution in [0, 0.1) is 6.92 Å². The van der Waals surface area contributed by atoms with E-state index < -0.39 is 5.91 Å². The highest BCUT2D eigenvalue weighted by Gasteiger charge is 2.15. The predicted octanol–water partition coefficient (Wildman–Crippen LogP) is 6.57. The van der Waals surface area contributed by atoms with E-state index in [0.717, 1.165) is 11.1 Å². The summed E-state index contributed by atoms with van der Waals surface area (Å²) in [5.74, 6) is 1.30. The number of aliphatic hydroxyl groups excluding tert-OH is 1. The van der Waals surface area contributed by atoms with Gasteiger partial charge in [-0.05, 0) is 61.0 Å². The normalized spacial score (nSPS) is 10.9.